The molecule has 1 aromatic heterocycles. The van der Waals surface area contributed by atoms with Crippen LogP contribution in [-0.4, -0.2) is 0 Å². The Kier molecular flexibility index (Phi) is 3.72. The first-order valence-corrected chi connectivity index (χ1v) is 7.32. The van der Waals surface area contributed by atoms with Gasteiger partial charge in [-0.25, -0.2) is 4.79 Å². The van der Waals surface area contributed by atoms with Crippen molar-refractivity contribution in [1.82, 2.24) is 0 Å². The van der Waals surface area contributed by atoms with E-state index in [1.165, 1.54) is 0 Å². The minimum Gasteiger partial charge on any atom is -0.486 e. The van der Waals surface area contributed by atoms with Crippen LogP contribution in [0.5, 0.6) is 5.75 Å². The third kappa shape index (κ3) is 2.62. The van der Waals surface area contributed by atoms with E-state index >= 15 is 0 Å². The summed E-state index contributed by atoms with van der Waals surface area (Å²) in [6.45, 7) is 5.71. The Hall–Kier alpha value is -2.55. The first-order chi connectivity index (χ1) is 10.6. The van der Waals surface area contributed by atoms with E-state index in [0.29, 0.717) is 16.9 Å². The molecule has 0 aliphatic rings. The Morgan fingerprint density at radius 2 is 1.73 bits per heavy atom. The summed E-state index contributed by atoms with van der Waals surface area (Å²) in [7, 11) is 0. The molecule has 0 fully saturated rings. The third-order valence-electron chi connectivity index (χ3n) is 4.01. The first kappa shape index (κ1) is 14.4. The molecular weight excluding hydrogens is 276 g/mol. The molecule has 3 rings (SSSR count). The van der Waals surface area contributed by atoms with E-state index < -0.39 is 0 Å². The highest BCUT2D eigenvalue weighted by Crippen LogP contribution is 2.27. The van der Waals surface area contributed by atoms with Crippen molar-refractivity contribution in [3.63, 3.8) is 0 Å². The molecule has 22 heavy (non-hydrogen) atoms. The zero-order chi connectivity index (χ0) is 15.7. The summed E-state index contributed by atoms with van der Waals surface area (Å²) in [6, 6.07) is 15.6. The highest BCUT2D eigenvalue weighted by Gasteiger charge is 2.11. The molecule has 0 saturated carbocycles. The molecule has 0 unspecified atom stereocenters. The van der Waals surface area contributed by atoms with E-state index in [1.54, 1.807) is 13.0 Å². The van der Waals surface area contributed by atoms with Crippen molar-refractivity contribution in [2.24, 2.45) is 0 Å². The van der Waals surface area contributed by atoms with Gasteiger partial charge in [-0.3, -0.25) is 0 Å². The molecule has 1 heterocycles. The topological polar surface area (TPSA) is 39.4 Å². The normalized spacial score (nSPS) is 12.3. The number of hydrogen-bond donors (Lipinski definition) is 0. The molecule has 0 saturated heterocycles. The Bertz CT molecular complexity index is 863. The van der Waals surface area contributed by atoms with Gasteiger partial charge in [0.1, 0.15) is 17.4 Å². The average Bonchev–Trinajstić information content (AvgIpc) is 2.53. The van der Waals surface area contributed by atoms with Crippen molar-refractivity contribution < 1.29 is 9.15 Å². The lowest BCUT2D eigenvalue weighted by Crippen LogP contribution is -2.06. The van der Waals surface area contributed by atoms with Crippen LogP contribution in [0.4, 0.5) is 0 Å². The molecule has 0 amide bonds. The van der Waals surface area contributed by atoms with E-state index in [-0.39, 0.29) is 11.7 Å². The fourth-order valence-electron chi connectivity index (χ4n) is 2.50. The summed E-state index contributed by atoms with van der Waals surface area (Å²) >= 11 is 0. The quantitative estimate of drug-likeness (QED) is 0.665. The van der Waals surface area contributed by atoms with Gasteiger partial charge in [-0.05, 0) is 44.0 Å². The van der Waals surface area contributed by atoms with Crippen LogP contribution >= 0.6 is 0 Å². The molecule has 1 atom stereocenters. The van der Waals surface area contributed by atoms with E-state index in [1.807, 2.05) is 56.3 Å². The Labute approximate surface area is 129 Å². The van der Waals surface area contributed by atoms with Crippen molar-refractivity contribution in [1.29, 1.82) is 0 Å². The summed E-state index contributed by atoms with van der Waals surface area (Å²) in [6.07, 6.45) is -0.0723. The van der Waals surface area contributed by atoms with Crippen molar-refractivity contribution in [2.45, 2.75) is 26.9 Å². The second-order valence-electron chi connectivity index (χ2n) is 5.47. The molecule has 0 N–H and O–H groups in total. The van der Waals surface area contributed by atoms with Crippen LogP contribution in [0.15, 0.2) is 57.7 Å². The fourth-order valence-corrected chi connectivity index (χ4v) is 2.50. The number of hydrogen-bond acceptors (Lipinski definition) is 3. The highest BCUT2D eigenvalue weighted by molar-refractivity contribution is 5.82. The number of rotatable bonds is 3. The maximum atomic E-state index is 11.8. The third-order valence-corrected chi connectivity index (χ3v) is 4.01. The number of fused-ring (bicyclic) bond motifs is 1. The zero-order valence-corrected chi connectivity index (χ0v) is 12.9. The van der Waals surface area contributed by atoms with E-state index in [9.17, 15) is 4.79 Å². The molecule has 2 aromatic carbocycles. The Balaban J connectivity index is 1.96. The van der Waals surface area contributed by atoms with Gasteiger partial charge in [0.05, 0.1) is 0 Å². The van der Waals surface area contributed by atoms with Crippen LogP contribution in [0.1, 0.15) is 29.7 Å². The summed E-state index contributed by atoms with van der Waals surface area (Å²) in [4.78, 5) is 11.8. The van der Waals surface area contributed by atoms with Crippen molar-refractivity contribution >= 4 is 11.0 Å². The maximum absolute atomic E-state index is 11.8. The maximum Gasteiger partial charge on any atom is 0.339 e. The molecule has 0 aliphatic carbocycles. The van der Waals surface area contributed by atoms with Gasteiger partial charge in [0.15, 0.2) is 0 Å². The lowest BCUT2D eigenvalue weighted by atomic mass is 10.1. The number of benzene rings is 2. The van der Waals surface area contributed by atoms with Crippen LogP contribution in [0.3, 0.4) is 0 Å². The molecule has 3 nitrogen and oxygen atoms in total. The van der Waals surface area contributed by atoms with Gasteiger partial charge in [-0.2, -0.15) is 0 Å². The minimum atomic E-state index is -0.293. The highest BCUT2D eigenvalue weighted by atomic mass is 16.5. The molecule has 0 bridgehead atoms. The van der Waals surface area contributed by atoms with Crippen molar-refractivity contribution in [3.05, 3.63) is 75.6 Å². The van der Waals surface area contributed by atoms with Crippen LogP contribution in [0, 0.1) is 13.8 Å². The fraction of sp³-hybridized carbons (Fsp3) is 0.211. The first-order valence-electron chi connectivity index (χ1n) is 7.32. The average molecular weight is 294 g/mol. The van der Waals surface area contributed by atoms with Gasteiger partial charge in [0.2, 0.25) is 0 Å². The van der Waals surface area contributed by atoms with Crippen LogP contribution < -0.4 is 10.4 Å². The summed E-state index contributed by atoms with van der Waals surface area (Å²) in [5, 5.41) is 0.941. The number of ether oxygens (including phenoxy) is 1. The van der Waals surface area contributed by atoms with Gasteiger partial charge in [-0.15, -0.1) is 0 Å². The molecule has 0 aliphatic heterocycles. The van der Waals surface area contributed by atoms with Gasteiger partial charge in [0.25, 0.3) is 0 Å². The number of aryl methyl sites for hydroxylation is 1. The van der Waals surface area contributed by atoms with Gasteiger partial charge in [0, 0.05) is 17.0 Å². The second-order valence-corrected chi connectivity index (χ2v) is 5.47. The Morgan fingerprint density at radius 3 is 2.45 bits per heavy atom. The van der Waals surface area contributed by atoms with Gasteiger partial charge >= 0.3 is 5.63 Å². The summed E-state index contributed by atoms with van der Waals surface area (Å²) < 4.78 is 11.3. The zero-order valence-electron chi connectivity index (χ0n) is 12.9. The summed E-state index contributed by atoms with van der Waals surface area (Å²) in [5.41, 5.74) is 2.97. The molecule has 0 radical (unpaired) electrons. The molecule has 3 heteroatoms. The molecule has 3 aromatic rings. The standard InChI is InChI=1S/C19H18O3/c1-12-13(2)19(20)22-18-11-16(9-10-17(12)18)21-14(3)15-7-5-4-6-8-15/h4-11,14H,1-3H3/t14-/m0/s1. The summed E-state index contributed by atoms with van der Waals surface area (Å²) in [5.74, 6) is 0.690. The lowest BCUT2D eigenvalue weighted by molar-refractivity contribution is 0.227. The van der Waals surface area contributed by atoms with Crippen molar-refractivity contribution in [2.75, 3.05) is 0 Å². The predicted octanol–water partition coefficient (Wildman–Crippen LogP) is 4.55. The predicted molar refractivity (Wildman–Crippen MR) is 87.4 cm³/mol. The van der Waals surface area contributed by atoms with E-state index in [4.69, 9.17) is 9.15 Å². The van der Waals surface area contributed by atoms with E-state index in [0.717, 1.165) is 16.5 Å². The lowest BCUT2D eigenvalue weighted by Gasteiger charge is -2.15. The smallest absolute Gasteiger partial charge is 0.339 e. The molecule has 0 spiro atoms. The van der Waals surface area contributed by atoms with Crippen LogP contribution in [-0.2, 0) is 0 Å². The van der Waals surface area contributed by atoms with E-state index in [2.05, 4.69) is 0 Å². The molecule has 112 valence electrons. The van der Waals surface area contributed by atoms with Gasteiger partial charge < -0.3 is 9.15 Å². The second kappa shape index (κ2) is 5.68. The van der Waals surface area contributed by atoms with Gasteiger partial charge in [-0.1, -0.05) is 30.3 Å². The van der Waals surface area contributed by atoms with Crippen LogP contribution in [0.2, 0.25) is 0 Å². The SMILES string of the molecule is Cc1c(C)c2ccc(O[C@@H](C)c3ccccc3)cc2oc1=O. The van der Waals surface area contributed by atoms with Crippen LogP contribution in [0.25, 0.3) is 11.0 Å². The Morgan fingerprint density at radius 1 is 1.00 bits per heavy atom. The minimum absolute atomic E-state index is 0.0723. The largest absolute Gasteiger partial charge is 0.486 e. The molecular formula is C19H18O3. The van der Waals surface area contributed by atoms with Crippen molar-refractivity contribution in [3.8, 4) is 5.75 Å². The monoisotopic (exact) mass is 294 g/mol.